The molecule has 0 spiro atoms. The fourth-order valence-corrected chi connectivity index (χ4v) is 1.62. The second-order valence-electron chi connectivity index (χ2n) is 4.44. The second kappa shape index (κ2) is 6.65. The van der Waals surface area contributed by atoms with E-state index in [2.05, 4.69) is 15.3 Å². The number of hydrogen-bond donors (Lipinski definition) is 1. The highest BCUT2D eigenvalue weighted by Crippen LogP contribution is 2.30. The molecule has 110 valence electrons. The Labute approximate surface area is 122 Å². The van der Waals surface area contributed by atoms with E-state index in [0.717, 1.165) is 18.7 Å². The predicted molar refractivity (Wildman–Crippen MR) is 78.7 cm³/mol. The Morgan fingerprint density at radius 3 is 2.76 bits per heavy atom. The lowest BCUT2D eigenvalue weighted by molar-refractivity contribution is -0.386. The molecule has 0 saturated heterocycles. The molecule has 7 heteroatoms. The first-order valence-electron chi connectivity index (χ1n) is 6.60. The minimum atomic E-state index is -0.520. The van der Waals surface area contributed by atoms with Crippen molar-refractivity contribution in [3.05, 3.63) is 46.3 Å². The van der Waals surface area contributed by atoms with E-state index in [-0.39, 0.29) is 11.6 Å². The van der Waals surface area contributed by atoms with Crippen molar-refractivity contribution in [2.45, 2.75) is 20.3 Å². The smallest absolute Gasteiger partial charge is 0.331 e. The van der Waals surface area contributed by atoms with Crippen molar-refractivity contribution in [3.8, 4) is 11.6 Å². The largest absolute Gasteiger partial charge is 0.432 e. The standard InChI is InChI=1S/C14H16N4O3/c1-3-8-15-13-7-6-12(18(19)20)14(17-13)21-11-5-4-10(2)16-9-11/h4-7,9H,3,8H2,1-2H3,(H,15,17). The van der Waals surface area contributed by atoms with Crippen LogP contribution in [0.4, 0.5) is 11.5 Å². The van der Waals surface area contributed by atoms with Gasteiger partial charge in [0.05, 0.1) is 11.1 Å². The van der Waals surface area contributed by atoms with Gasteiger partial charge in [-0.05, 0) is 31.5 Å². The van der Waals surface area contributed by atoms with Gasteiger partial charge in [-0.2, -0.15) is 4.98 Å². The van der Waals surface area contributed by atoms with Gasteiger partial charge in [0.1, 0.15) is 11.6 Å². The quantitative estimate of drug-likeness (QED) is 0.647. The van der Waals surface area contributed by atoms with Crippen LogP contribution >= 0.6 is 0 Å². The number of aryl methyl sites for hydroxylation is 1. The molecule has 0 bridgehead atoms. The molecule has 2 aromatic rings. The molecule has 0 aliphatic rings. The lowest BCUT2D eigenvalue weighted by Gasteiger charge is -2.08. The van der Waals surface area contributed by atoms with Crippen LogP contribution in [0.15, 0.2) is 30.5 Å². The third-order valence-corrected chi connectivity index (χ3v) is 2.69. The second-order valence-corrected chi connectivity index (χ2v) is 4.44. The Morgan fingerprint density at radius 1 is 1.33 bits per heavy atom. The van der Waals surface area contributed by atoms with Crippen LogP contribution in [0.3, 0.4) is 0 Å². The summed E-state index contributed by atoms with van der Waals surface area (Å²) >= 11 is 0. The van der Waals surface area contributed by atoms with E-state index in [9.17, 15) is 10.1 Å². The normalized spacial score (nSPS) is 10.2. The minimum absolute atomic E-state index is 0.0493. The average Bonchev–Trinajstić information content (AvgIpc) is 2.47. The van der Waals surface area contributed by atoms with Crippen LogP contribution in [-0.2, 0) is 0 Å². The van der Waals surface area contributed by atoms with Crippen LogP contribution in [0.2, 0.25) is 0 Å². The van der Waals surface area contributed by atoms with Gasteiger partial charge in [-0.3, -0.25) is 15.1 Å². The summed E-state index contributed by atoms with van der Waals surface area (Å²) in [5.74, 6) is 0.896. The highest BCUT2D eigenvalue weighted by Gasteiger charge is 2.18. The summed E-state index contributed by atoms with van der Waals surface area (Å²) in [7, 11) is 0. The summed E-state index contributed by atoms with van der Waals surface area (Å²) in [6, 6.07) is 6.40. The van der Waals surface area contributed by atoms with Crippen LogP contribution < -0.4 is 10.1 Å². The van der Waals surface area contributed by atoms with Crippen molar-refractivity contribution in [1.82, 2.24) is 9.97 Å². The van der Waals surface area contributed by atoms with Crippen molar-refractivity contribution in [2.75, 3.05) is 11.9 Å². The SMILES string of the molecule is CCCNc1ccc([N+](=O)[O-])c(Oc2ccc(C)nc2)n1. The topological polar surface area (TPSA) is 90.2 Å². The number of nitro groups is 1. The van der Waals surface area contributed by atoms with Gasteiger partial charge >= 0.3 is 11.6 Å². The van der Waals surface area contributed by atoms with Crippen LogP contribution in [0.1, 0.15) is 19.0 Å². The summed E-state index contributed by atoms with van der Waals surface area (Å²) in [5, 5.41) is 14.1. The van der Waals surface area contributed by atoms with Crippen LogP contribution in [0.25, 0.3) is 0 Å². The summed E-state index contributed by atoms with van der Waals surface area (Å²) < 4.78 is 5.49. The maximum absolute atomic E-state index is 11.0. The molecule has 21 heavy (non-hydrogen) atoms. The maximum Gasteiger partial charge on any atom is 0.331 e. The van der Waals surface area contributed by atoms with Crippen LogP contribution in [0.5, 0.6) is 11.6 Å². The van der Waals surface area contributed by atoms with Crippen LogP contribution in [-0.4, -0.2) is 21.4 Å². The fraction of sp³-hybridized carbons (Fsp3) is 0.286. The number of aromatic nitrogens is 2. The molecule has 0 radical (unpaired) electrons. The number of pyridine rings is 2. The summed E-state index contributed by atoms with van der Waals surface area (Å²) in [6.07, 6.45) is 2.43. The Hall–Kier alpha value is -2.70. The predicted octanol–water partition coefficient (Wildman–Crippen LogP) is 3.31. The number of nitrogens with one attached hydrogen (secondary N) is 1. The highest BCUT2D eigenvalue weighted by atomic mass is 16.6. The van der Waals surface area contributed by atoms with E-state index >= 15 is 0 Å². The van der Waals surface area contributed by atoms with Crippen molar-refractivity contribution < 1.29 is 9.66 Å². The fourth-order valence-electron chi connectivity index (χ4n) is 1.62. The third kappa shape index (κ3) is 3.88. The van der Waals surface area contributed by atoms with Gasteiger partial charge in [0, 0.05) is 18.3 Å². The van der Waals surface area contributed by atoms with E-state index in [1.54, 1.807) is 18.2 Å². The molecule has 1 N–H and O–H groups in total. The van der Waals surface area contributed by atoms with E-state index in [1.165, 1.54) is 12.3 Å². The van der Waals surface area contributed by atoms with Gasteiger partial charge in [-0.15, -0.1) is 0 Å². The van der Waals surface area contributed by atoms with E-state index in [4.69, 9.17) is 4.74 Å². The molecule has 0 atom stereocenters. The first-order chi connectivity index (χ1) is 10.1. The molecular formula is C14H16N4O3. The Bertz CT molecular complexity index is 629. The molecule has 0 unspecified atom stereocenters. The first-order valence-corrected chi connectivity index (χ1v) is 6.60. The summed E-state index contributed by atoms with van der Waals surface area (Å²) in [5.41, 5.74) is 0.654. The molecule has 0 aliphatic heterocycles. The molecule has 0 aromatic carbocycles. The Balaban J connectivity index is 2.29. The van der Waals surface area contributed by atoms with Crippen LogP contribution in [0, 0.1) is 17.0 Å². The van der Waals surface area contributed by atoms with E-state index in [1.807, 2.05) is 13.8 Å². The third-order valence-electron chi connectivity index (χ3n) is 2.69. The van der Waals surface area contributed by atoms with Crippen molar-refractivity contribution >= 4 is 11.5 Å². The Morgan fingerprint density at radius 2 is 2.14 bits per heavy atom. The maximum atomic E-state index is 11.0. The molecule has 0 aliphatic carbocycles. The lowest BCUT2D eigenvalue weighted by atomic mass is 10.3. The zero-order valence-corrected chi connectivity index (χ0v) is 11.9. The number of rotatable bonds is 6. The van der Waals surface area contributed by atoms with Gasteiger partial charge in [-0.25, -0.2) is 0 Å². The van der Waals surface area contributed by atoms with Gasteiger partial charge in [0.25, 0.3) is 0 Å². The van der Waals surface area contributed by atoms with Gasteiger partial charge < -0.3 is 10.1 Å². The first kappa shape index (κ1) is 14.7. The number of nitrogens with zero attached hydrogens (tertiary/aromatic N) is 3. The Kier molecular flexibility index (Phi) is 4.65. The van der Waals surface area contributed by atoms with Crippen molar-refractivity contribution in [2.24, 2.45) is 0 Å². The van der Waals surface area contributed by atoms with E-state index < -0.39 is 4.92 Å². The number of anilines is 1. The zero-order valence-electron chi connectivity index (χ0n) is 11.9. The molecule has 2 aromatic heterocycles. The van der Waals surface area contributed by atoms with Crippen molar-refractivity contribution in [3.63, 3.8) is 0 Å². The highest BCUT2D eigenvalue weighted by molar-refractivity contribution is 5.50. The molecule has 0 amide bonds. The lowest BCUT2D eigenvalue weighted by Crippen LogP contribution is -2.04. The molecule has 0 saturated carbocycles. The van der Waals surface area contributed by atoms with Gasteiger partial charge in [-0.1, -0.05) is 6.92 Å². The van der Waals surface area contributed by atoms with Crippen molar-refractivity contribution in [1.29, 1.82) is 0 Å². The number of ether oxygens (including phenoxy) is 1. The minimum Gasteiger partial charge on any atom is -0.432 e. The molecule has 2 heterocycles. The van der Waals surface area contributed by atoms with Gasteiger partial charge in [0.2, 0.25) is 0 Å². The molecule has 2 rings (SSSR count). The molecular weight excluding hydrogens is 272 g/mol. The average molecular weight is 288 g/mol. The number of hydrogen-bond acceptors (Lipinski definition) is 6. The monoisotopic (exact) mass is 288 g/mol. The molecule has 0 fully saturated rings. The zero-order chi connectivity index (χ0) is 15.2. The van der Waals surface area contributed by atoms with Gasteiger partial charge in [0.15, 0.2) is 0 Å². The summed E-state index contributed by atoms with van der Waals surface area (Å²) in [4.78, 5) is 18.8. The van der Waals surface area contributed by atoms with E-state index in [0.29, 0.717) is 11.6 Å². The molecule has 7 nitrogen and oxygen atoms in total. The summed E-state index contributed by atoms with van der Waals surface area (Å²) in [6.45, 7) is 4.60.